The number of nitrogens with one attached hydrogen (secondary N) is 1. The van der Waals surface area contributed by atoms with Crippen LogP contribution in [-0.4, -0.2) is 49.3 Å². The molecule has 2 rings (SSSR count). The van der Waals surface area contributed by atoms with E-state index in [1.54, 1.807) is 0 Å². The zero-order valence-electron chi connectivity index (χ0n) is 9.78. The van der Waals surface area contributed by atoms with Gasteiger partial charge in [0, 0.05) is 26.2 Å². The largest absolute Gasteiger partial charge is 0.390 e. The molecular formula is C12H24N2O. The molecule has 2 aliphatic carbocycles. The lowest BCUT2D eigenvalue weighted by Gasteiger charge is -2.24. The monoisotopic (exact) mass is 212 g/mol. The van der Waals surface area contributed by atoms with Gasteiger partial charge in [0.05, 0.1) is 6.10 Å². The van der Waals surface area contributed by atoms with Crippen LogP contribution in [0.1, 0.15) is 25.7 Å². The third-order valence-electron chi connectivity index (χ3n) is 3.34. The van der Waals surface area contributed by atoms with Crippen molar-refractivity contribution in [3.63, 3.8) is 0 Å². The minimum Gasteiger partial charge on any atom is -0.390 e. The second-order valence-electron chi connectivity index (χ2n) is 5.32. The molecule has 0 heterocycles. The lowest BCUT2D eigenvalue weighted by atomic mass is 10.2. The van der Waals surface area contributed by atoms with Crippen molar-refractivity contribution in [3.8, 4) is 0 Å². The third kappa shape index (κ3) is 4.49. The van der Waals surface area contributed by atoms with Crippen molar-refractivity contribution >= 4 is 0 Å². The summed E-state index contributed by atoms with van der Waals surface area (Å²) in [6, 6.07) is 0. The van der Waals surface area contributed by atoms with Crippen molar-refractivity contribution in [3.05, 3.63) is 0 Å². The van der Waals surface area contributed by atoms with E-state index in [2.05, 4.69) is 10.2 Å². The first-order valence-corrected chi connectivity index (χ1v) is 6.33. The van der Waals surface area contributed by atoms with Gasteiger partial charge < -0.3 is 15.3 Å². The van der Waals surface area contributed by atoms with Gasteiger partial charge in [-0.25, -0.2) is 0 Å². The Balaban J connectivity index is 1.69. The molecule has 1 atom stereocenters. The van der Waals surface area contributed by atoms with Crippen molar-refractivity contribution in [2.45, 2.75) is 31.8 Å². The van der Waals surface area contributed by atoms with Crippen LogP contribution in [0, 0.1) is 11.8 Å². The SMILES string of the molecule is CNCC(O)CN(CC1CC1)CC1CC1. The average Bonchev–Trinajstić information content (AvgIpc) is 2.99. The van der Waals surface area contributed by atoms with Crippen LogP contribution in [0.3, 0.4) is 0 Å². The van der Waals surface area contributed by atoms with Gasteiger partial charge in [-0.3, -0.25) is 0 Å². The number of hydrogen-bond acceptors (Lipinski definition) is 3. The maximum Gasteiger partial charge on any atom is 0.0791 e. The highest BCUT2D eigenvalue weighted by Gasteiger charge is 2.29. The quantitative estimate of drug-likeness (QED) is 0.621. The zero-order valence-corrected chi connectivity index (χ0v) is 9.78. The summed E-state index contributed by atoms with van der Waals surface area (Å²) in [5.41, 5.74) is 0. The molecule has 2 fully saturated rings. The van der Waals surface area contributed by atoms with Gasteiger partial charge in [-0.15, -0.1) is 0 Å². The molecule has 0 saturated heterocycles. The fourth-order valence-electron chi connectivity index (χ4n) is 2.15. The molecule has 0 aliphatic heterocycles. The molecule has 2 N–H and O–H groups in total. The first-order valence-electron chi connectivity index (χ1n) is 6.33. The van der Waals surface area contributed by atoms with Gasteiger partial charge in [0.1, 0.15) is 0 Å². The Hall–Kier alpha value is -0.120. The first-order chi connectivity index (χ1) is 7.28. The summed E-state index contributed by atoms with van der Waals surface area (Å²) >= 11 is 0. The highest BCUT2D eigenvalue weighted by atomic mass is 16.3. The van der Waals surface area contributed by atoms with Crippen LogP contribution in [0.2, 0.25) is 0 Å². The van der Waals surface area contributed by atoms with E-state index in [0.29, 0.717) is 6.54 Å². The Bertz CT molecular complexity index is 176. The number of rotatable bonds is 8. The summed E-state index contributed by atoms with van der Waals surface area (Å²) in [7, 11) is 1.90. The molecule has 0 aromatic rings. The summed E-state index contributed by atoms with van der Waals surface area (Å²) in [6.45, 7) is 4.01. The fraction of sp³-hybridized carbons (Fsp3) is 1.00. The lowest BCUT2D eigenvalue weighted by Crippen LogP contribution is -2.39. The van der Waals surface area contributed by atoms with Crippen molar-refractivity contribution in [2.24, 2.45) is 11.8 Å². The van der Waals surface area contributed by atoms with Crippen molar-refractivity contribution in [2.75, 3.05) is 33.2 Å². The average molecular weight is 212 g/mol. The van der Waals surface area contributed by atoms with Gasteiger partial charge >= 0.3 is 0 Å². The second-order valence-corrected chi connectivity index (χ2v) is 5.32. The Labute approximate surface area is 92.8 Å². The second kappa shape index (κ2) is 5.28. The summed E-state index contributed by atoms with van der Waals surface area (Å²) in [4.78, 5) is 2.48. The summed E-state index contributed by atoms with van der Waals surface area (Å²) < 4.78 is 0. The maximum absolute atomic E-state index is 9.78. The Morgan fingerprint density at radius 1 is 1.20 bits per heavy atom. The minimum absolute atomic E-state index is 0.201. The van der Waals surface area contributed by atoms with Gasteiger partial charge in [0.25, 0.3) is 0 Å². The summed E-state index contributed by atoms with van der Waals surface area (Å²) in [5.74, 6) is 1.87. The minimum atomic E-state index is -0.201. The van der Waals surface area contributed by atoms with Crippen LogP contribution >= 0.6 is 0 Å². The molecule has 2 aliphatic rings. The van der Waals surface area contributed by atoms with Crippen LogP contribution in [0.15, 0.2) is 0 Å². The van der Waals surface area contributed by atoms with Gasteiger partial charge in [-0.2, -0.15) is 0 Å². The lowest BCUT2D eigenvalue weighted by molar-refractivity contribution is 0.107. The van der Waals surface area contributed by atoms with Crippen molar-refractivity contribution < 1.29 is 5.11 Å². The Kier molecular flexibility index (Phi) is 4.00. The smallest absolute Gasteiger partial charge is 0.0791 e. The fourth-order valence-corrected chi connectivity index (χ4v) is 2.15. The van der Waals surface area contributed by atoms with Crippen LogP contribution in [0.4, 0.5) is 0 Å². The highest BCUT2D eigenvalue weighted by molar-refractivity contribution is 4.83. The van der Waals surface area contributed by atoms with Gasteiger partial charge in [-0.05, 0) is 44.6 Å². The molecule has 2 saturated carbocycles. The Morgan fingerprint density at radius 3 is 2.13 bits per heavy atom. The van der Waals surface area contributed by atoms with E-state index in [4.69, 9.17) is 0 Å². The predicted molar refractivity (Wildman–Crippen MR) is 61.8 cm³/mol. The molecule has 0 bridgehead atoms. The number of aliphatic hydroxyl groups excluding tert-OH is 1. The summed E-state index contributed by atoms with van der Waals surface area (Å²) in [5, 5.41) is 12.8. The molecule has 3 nitrogen and oxygen atoms in total. The van der Waals surface area contributed by atoms with E-state index in [0.717, 1.165) is 18.4 Å². The van der Waals surface area contributed by atoms with Gasteiger partial charge in [-0.1, -0.05) is 0 Å². The van der Waals surface area contributed by atoms with Gasteiger partial charge in [0.2, 0.25) is 0 Å². The normalized spacial score (nSPS) is 23.4. The number of aliphatic hydroxyl groups is 1. The maximum atomic E-state index is 9.78. The molecular weight excluding hydrogens is 188 g/mol. The molecule has 15 heavy (non-hydrogen) atoms. The Morgan fingerprint density at radius 2 is 1.73 bits per heavy atom. The van der Waals surface area contributed by atoms with E-state index in [-0.39, 0.29) is 6.10 Å². The van der Waals surface area contributed by atoms with Crippen molar-refractivity contribution in [1.29, 1.82) is 0 Å². The highest BCUT2D eigenvalue weighted by Crippen LogP contribution is 2.33. The van der Waals surface area contributed by atoms with Crippen molar-refractivity contribution in [1.82, 2.24) is 10.2 Å². The molecule has 88 valence electrons. The first kappa shape index (κ1) is 11.4. The number of hydrogen-bond donors (Lipinski definition) is 2. The van der Waals surface area contributed by atoms with E-state index in [1.807, 2.05) is 7.05 Å². The molecule has 1 unspecified atom stereocenters. The molecule has 0 amide bonds. The predicted octanol–water partition coefficient (Wildman–Crippen LogP) is 0.689. The number of likely N-dealkylation sites (N-methyl/N-ethyl adjacent to an activating group) is 1. The van der Waals surface area contributed by atoms with E-state index >= 15 is 0 Å². The van der Waals surface area contributed by atoms with Crippen LogP contribution in [0.25, 0.3) is 0 Å². The third-order valence-corrected chi connectivity index (χ3v) is 3.34. The molecule has 0 aromatic heterocycles. The van der Waals surface area contributed by atoms with E-state index < -0.39 is 0 Å². The van der Waals surface area contributed by atoms with Gasteiger partial charge in [0.15, 0.2) is 0 Å². The van der Waals surface area contributed by atoms with E-state index in [1.165, 1.54) is 38.8 Å². The molecule has 0 radical (unpaired) electrons. The van der Waals surface area contributed by atoms with Crippen LogP contribution in [0.5, 0.6) is 0 Å². The van der Waals surface area contributed by atoms with E-state index in [9.17, 15) is 5.11 Å². The molecule has 0 spiro atoms. The number of nitrogens with zero attached hydrogens (tertiary/aromatic N) is 1. The summed E-state index contributed by atoms with van der Waals surface area (Å²) in [6.07, 6.45) is 5.42. The zero-order chi connectivity index (χ0) is 10.7. The van der Waals surface area contributed by atoms with Crippen LogP contribution in [-0.2, 0) is 0 Å². The molecule has 0 aromatic carbocycles. The topological polar surface area (TPSA) is 35.5 Å². The van der Waals surface area contributed by atoms with Crippen LogP contribution < -0.4 is 5.32 Å². The standard InChI is InChI=1S/C12H24N2O/c1-13-6-12(15)9-14(7-10-2-3-10)8-11-4-5-11/h10-13,15H,2-9H2,1H3. The molecule has 3 heteroatoms.